The van der Waals surface area contributed by atoms with Gasteiger partial charge in [0.2, 0.25) is 0 Å². The molecule has 0 aliphatic rings. The first-order chi connectivity index (χ1) is 7.13. The lowest BCUT2D eigenvalue weighted by molar-refractivity contribution is -0.151. The van der Waals surface area contributed by atoms with Gasteiger partial charge in [-0.25, -0.2) is 0 Å². The van der Waals surface area contributed by atoms with Gasteiger partial charge in [0.1, 0.15) is 0 Å². The Balaban J connectivity index is 4.30. The summed E-state index contributed by atoms with van der Waals surface area (Å²) in [7, 11) is 0. The molecular formula is C12H24O3. The van der Waals surface area contributed by atoms with Crippen LogP contribution in [0.2, 0.25) is 0 Å². The number of ether oxygens (including phenoxy) is 1. The van der Waals surface area contributed by atoms with Crippen molar-refractivity contribution in [1.29, 1.82) is 0 Å². The molecule has 3 nitrogen and oxygen atoms in total. The summed E-state index contributed by atoms with van der Waals surface area (Å²) in [6.07, 6.45) is 4.11. The summed E-state index contributed by atoms with van der Waals surface area (Å²) in [6, 6.07) is 0. The zero-order chi connectivity index (χ0) is 11.7. The van der Waals surface area contributed by atoms with Crippen molar-refractivity contribution in [1.82, 2.24) is 0 Å². The minimum Gasteiger partial charge on any atom is -0.481 e. The van der Waals surface area contributed by atoms with Crippen molar-refractivity contribution in [3.05, 3.63) is 0 Å². The predicted molar refractivity (Wildman–Crippen MR) is 61.0 cm³/mol. The Kier molecular flexibility index (Phi) is 7.39. The van der Waals surface area contributed by atoms with Crippen molar-refractivity contribution in [2.75, 3.05) is 13.2 Å². The highest BCUT2D eigenvalue weighted by molar-refractivity contribution is 5.74. The Morgan fingerprint density at radius 1 is 1.27 bits per heavy atom. The van der Waals surface area contributed by atoms with Crippen molar-refractivity contribution in [2.24, 2.45) is 5.41 Å². The van der Waals surface area contributed by atoms with Gasteiger partial charge in [0.15, 0.2) is 0 Å². The van der Waals surface area contributed by atoms with Gasteiger partial charge in [0.25, 0.3) is 0 Å². The summed E-state index contributed by atoms with van der Waals surface area (Å²) < 4.78 is 5.26. The molecule has 0 rings (SSSR count). The molecule has 0 aliphatic carbocycles. The van der Waals surface area contributed by atoms with E-state index in [1.807, 2.05) is 13.8 Å². The van der Waals surface area contributed by atoms with Crippen LogP contribution in [0.3, 0.4) is 0 Å². The molecule has 0 aliphatic heterocycles. The number of aliphatic carboxylic acids is 1. The van der Waals surface area contributed by atoms with E-state index < -0.39 is 11.4 Å². The molecular weight excluding hydrogens is 192 g/mol. The topological polar surface area (TPSA) is 46.5 Å². The van der Waals surface area contributed by atoms with E-state index in [4.69, 9.17) is 4.74 Å². The van der Waals surface area contributed by atoms with Crippen molar-refractivity contribution in [3.8, 4) is 0 Å². The Bertz CT molecular complexity index is 180. The second kappa shape index (κ2) is 7.69. The minimum atomic E-state index is -0.668. The highest BCUT2D eigenvalue weighted by Crippen LogP contribution is 2.33. The van der Waals surface area contributed by atoms with Gasteiger partial charge in [-0.1, -0.05) is 26.7 Å². The van der Waals surface area contributed by atoms with Crippen LogP contribution >= 0.6 is 0 Å². The second-order valence-corrected chi connectivity index (χ2v) is 3.99. The summed E-state index contributed by atoms with van der Waals surface area (Å²) in [6.45, 7) is 7.19. The maximum Gasteiger partial charge on any atom is 0.309 e. The van der Waals surface area contributed by atoms with Gasteiger partial charge in [0.05, 0.1) is 5.41 Å². The van der Waals surface area contributed by atoms with E-state index >= 15 is 0 Å². The number of carbonyl (C=O) groups is 1. The van der Waals surface area contributed by atoms with E-state index in [0.29, 0.717) is 26.1 Å². The smallest absolute Gasteiger partial charge is 0.309 e. The molecule has 0 bridgehead atoms. The highest BCUT2D eigenvalue weighted by Gasteiger charge is 2.35. The first kappa shape index (κ1) is 14.4. The third kappa shape index (κ3) is 4.65. The third-order valence-electron chi connectivity index (χ3n) is 3.07. The fraction of sp³-hybridized carbons (Fsp3) is 0.917. The average molecular weight is 216 g/mol. The maximum absolute atomic E-state index is 11.3. The van der Waals surface area contributed by atoms with Crippen molar-refractivity contribution in [2.45, 2.75) is 52.9 Å². The predicted octanol–water partition coefficient (Wildman–Crippen LogP) is 3.08. The molecule has 90 valence electrons. The van der Waals surface area contributed by atoms with Gasteiger partial charge < -0.3 is 9.84 Å². The Labute approximate surface area is 92.8 Å². The van der Waals surface area contributed by atoms with Crippen LogP contribution in [-0.2, 0) is 9.53 Å². The van der Waals surface area contributed by atoms with Gasteiger partial charge in [-0.2, -0.15) is 0 Å². The lowest BCUT2D eigenvalue weighted by Gasteiger charge is -2.27. The van der Waals surface area contributed by atoms with E-state index in [9.17, 15) is 9.90 Å². The number of rotatable bonds is 9. The molecule has 1 N–H and O–H groups in total. The number of unbranched alkanes of at least 4 members (excludes halogenated alkanes) is 1. The van der Waals surface area contributed by atoms with Crippen molar-refractivity contribution in [3.63, 3.8) is 0 Å². The van der Waals surface area contributed by atoms with Gasteiger partial charge in [-0.15, -0.1) is 0 Å². The third-order valence-corrected chi connectivity index (χ3v) is 3.07. The molecule has 0 heterocycles. The molecule has 0 saturated carbocycles. The van der Waals surface area contributed by atoms with Crippen LogP contribution in [0.4, 0.5) is 0 Å². The van der Waals surface area contributed by atoms with E-state index in [1.54, 1.807) is 0 Å². The van der Waals surface area contributed by atoms with E-state index in [1.165, 1.54) is 0 Å². The second-order valence-electron chi connectivity index (χ2n) is 3.99. The Hall–Kier alpha value is -0.570. The van der Waals surface area contributed by atoms with Crippen LogP contribution in [0.25, 0.3) is 0 Å². The fourth-order valence-electron chi connectivity index (χ4n) is 1.77. The van der Waals surface area contributed by atoms with Crippen LogP contribution in [0.1, 0.15) is 52.9 Å². The van der Waals surface area contributed by atoms with Gasteiger partial charge in [0, 0.05) is 13.2 Å². The quantitative estimate of drug-likeness (QED) is 0.602. The van der Waals surface area contributed by atoms with Crippen LogP contribution < -0.4 is 0 Å². The van der Waals surface area contributed by atoms with Gasteiger partial charge in [-0.05, 0) is 26.2 Å². The monoisotopic (exact) mass is 216 g/mol. The standard InChI is InChI=1S/C12H24O3/c1-4-7-8-12(5-2,11(13)14)9-10-15-6-3/h4-10H2,1-3H3,(H,13,14). The first-order valence-corrected chi connectivity index (χ1v) is 5.94. The number of hydrogen-bond acceptors (Lipinski definition) is 2. The zero-order valence-electron chi connectivity index (χ0n) is 10.2. The highest BCUT2D eigenvalue weighted by atomic mass is 16.5. The largest absolute Gasteiger partial charge is 0.481 e. The van der Waals surface area contributed by atoms with Crippen LogP contribution in [0.5, 0.6) is 0 Å². The average Bonchev–Trinajstić information content (AvgIpc) is 2.23. The molecule has 0 amide bonds. The molecule has 1 atom stereocenters. The van der Waals surface area contributed by atoms with Gasteiger partial charge in [-0.3, -0.25) is 4.79 Å². The summed E-state index contributed by atoms with van der Waals surface area (Å²) in [5.41, 5.74) is -0.564. The molecule has 0 saturated heterocycles. The molecule has 0 aromatic rings. The Morgan fingerprint density at radius 3 is 2.33 bits per heavy atom. The van der Waals surface area contributed by atoms with Crippen LogP contribution in [0.15, 0.2) is 0 Å². The maximum atomic E-state index is 11.3. The first-order valence-electron chi connectivity index (χ1n) is 5.94. The van der Waals surface area contributed by atoms with Crippen LogP contribution in [-0.4, -0.2) is 24.3 Å². The normalized spacial score (nSPS) is 14.9. The zero-order valence-corrected chi connectivity index (χ0v) is 10.2. The molecule has 0 aromatic heterocycles. The van der Waals surface area contributed by atoms with Crippen LogP contribution in [0, 0.1) is 5.41 Å². The molecule has 0 fully saturated rings. The fourth-order valence-corrected chi connectivity index (χ4v) is 1.77. The van der Waals surface area contributed by atoms with Gasteiger partial charge >= 0.3 is 5.97 Å². The molecule has 0 aromatic carbocycles. The lowest BCUT2D eigenvalue weighted by atomic mass is 9.77. The summed E-state index contributed by atoms with van der Waals surface area (Å²) in [5.74, 6) is -0.668. The number of carboxylic acids is 1. The van der Waals surface area contributed by atoms with E-state index in [2.05, 4.69) is 6.92 Å². The summed E-state index contributed by atoms with van der Waals surface area (Å²) in [5, 5.41) is 9.29. The van der Waals surface area contributed by atoms with E-state index in [0.717, 1.165) is 19.3 Å². The molecule has 0 spiro atoms. The van der Waals surface area contributed by atoms with Crippen molar-refractivity contribution >= 4 is 5.97 Å². The SMILES string of the molecule is CCCCC(CC)(CCOCC)C(=O)O. The molecule has 3 heteroatoms. The summed E-state index contributed by atoms with van der Waals surface area (Å²) in [4.78, 5) is 11.3. The molecule has 15 heavy (non-hydrogen) atoms. The minimum absolute atomic E-state index is 0.556. The number of carboxylic acid groups (broad SMARTS) is 1. The van der Waals surface area contributed by atoms with Crippen molar-refractivity contribution < 1.29 is 14.6 Å². The molecule has 0 radical (unpaired) electrons. The summed E-state index contributed by atoms with van der Waals surface area (Å²) >= 11 is 0. The number of hydrogen-bond donors (Lipinski definition) is 1. The Morgan fingerprint density at radius 2 is 1.93 bits per heavy atom. The molecule has 1 unspecified atom stereocenters. The van der Waals surface area contributed by atoms with E-state index in [-0.39, 0.29) is 0 Å². The lowest BCUT2D eigenvalue weighted by Crippen LogP contribution is -2.31.